The average molecular weight is 369 g/mol. The molecule has 1 fully saturated rings. The fourth-order valence-corrected chi connectivity index (χ4v) is 3.38. The zero-order valence-electron chi connectivity index (χ0n) is 14.9. The molecule has 1 aromatic heterocycles. The van der Waals surface area contributed by atoms with Gasteiger partial charge in [0.15, 0.2) is 0 Å². The number of quaternary nitrogens is 1. The number of rotatable bonds is 5. The molecule has 7 nitrogen and oxygen atoms in total. The molecule has 2 N–H and O–H groups in total. The van der Waals surface area contributed by atoms with Crippen LogP contribution in [0.3, 0.4) is 0 Å². The van der Waals surface area contributed by atoms with E-state index >= 15 is 0 Å². The number of phenolic OH excluding ortho intramolecular Hbond substituents is 1. The van der Waals surface area contributed by atoms with Crippen LogP contribution < -0.4 is 9.80 Å². The third kappa shape index (κ3) is 4.22. The third-order valence-electron chi connectivity index (χ3n) is 4.95. The molecule has 0 spiro atoms. The molecular formula is C19H22FN6O+. The number of halogens is 1. The molecule has 0 aliphatic carbocycles. The Morgan fingerprint density at radius 1 is 1.00 bits per heavy atom. The van der Waals surface area contributed by atoms with Crippen LogP contribution in [0.1, 0.15) is 11.4 Å². The number of nitrogens with zero attached hydrogens (tertiary/aromatic N) is 5. The van der Waals surface area contributed by atoms with Crippen molar-refractivity contribution in [1.29, 1.82) is 0 Å². The molecule has 4 rings (SSSR count). The summed E-state index contributed by atoms with van der Waals surface area (Å²) in [6.07, 6.45) is 0. The Hall–Kier alpha value is -3.00. The van der Waals surface area contributed by atoms with Crippen LogP contribution in [0.25, 0.3) is 0 Å². The van der Waals surface area contributed by atoms with Gasteiger partial charge in [-0.05, 0) is 52.4 Å². The van der Waals surface area contributed by atoms with Gasteiger partial charge in [-0.25, -0.2) is 9.07 Å². The highest BCUT2D eigenvalue weighted by atomic mass is 19.1. The number of piperazine rings is 1. The molecule has 8 heteroatoms. The third-order valence-corrected chi connectivity index (χ3v) is 4.95. The highest BCUT2D eigenvalue weighted by molar-refractivity contribution is 5.48. The van der Waals surface area contributed by atoms with Crippen LogP contribution in [0, 0.1) is 5.82 Å². The standard InChI is InChI=1S/C19H21FN6O/c20-16-3-1-15(2-4-16)13-26-19(21-22-23-26)14-24-9-11-25(12-10-24)17-5-7-18(27)8-6-17/h1-8,27H,9-14H2/p+1. The first kappa shape index (κ1) is 17.4. The lowest BCUT2D eigenvalue weighted by Gasteiger charge is -2.33. The Balaban J connectivity index is 1.35. The Morgan fingerprint density at radius 2 is 1.70 bits per heavy atom. The quantitative estimate of drug-likeness (QED) is 0.684. The van der Waals surface area contributed by atoms with Crippen molar-refractivity contribution < 1.29 is 14.4 Å². The van der Waals surface area contributed by atoms with Crippen molar-refractivity contribution in [3.05, 3.63) is 65.7 Å². The molecule has 3 aromatic rings. The van der Waals surface area contributed by atoms with Gasteiger partial charge in [0.1, 0.15) is 18.1 Å². The highest BCUT2D eigenvalue weighted by Gasteiger charge is 2.22. The molecule has 1 aliphatic rings. The van der Waals surface area contributed by atoms with Gasteiger partial charge in [-0.2, -0.15) is 0 Å². The minimum absolute atomic E-state index is 0.244. The molecular weight excluding hydrogens is 347 g/mol. The van der Waals surface area contributed by atoms with Gasteiger partial charge < -0.3 is 14.9 Å². The van der Waals surface area contributed by atoms with E-state index in [1.165, 1.54) is 17.0 Å². The van der Waals surface area contributed by atoms with Crippen LogP contribution in [0.15, 0.2) is 48.5 Å². The van der Waals surface area contributed by atoms with E-state index in [9.17, 15) is 9.50 Å². The van der Waals surface area contributed by atoms with Crippen molar-refractivity contribution in [2.45, 2.75) is 13.1 Å². The maximum atomic E-state index is 13.1. The van der Waals surface area contributed by atoms with Gasteiger partial charge in [0.2, 0.25) is 5.82 Å². The number of phenols is 1. The number of hydrogen-bond donors (Lipinski definition) is 2. The van der Waals surface area contributed by atoms with Gasteiger partial charge in [-0.1, -0.05) is 12.1 Å². The first-order valence-corrected chi connectivity index (χ1v) is 9.04. The summed E-state index contributed by atoms with van der Waals surface area (Å²) in [5.74, 6) is 0.884. The summed E-state index contributed by atoms with van der Waals surface area (Å²) in [5.41, 5.74) is 2.10. The second-order valence-corrected chi connectivity index (χ2v) is 6.81. The predicted molar refractivity (Wildman–Crippen MR) is 98.0 cm³/mol. The van der Waals surface area contributed by atoms with E-state index < -0.39 is 0 Å². The van der Waals surface area contributed by atoms with E-state index in [4.69, 9.17) is 0 Å². The topological polar surface area (TPSA) is 71.5 Å². The van der Waals surface area contributed by atoms with Gasteiger partial charge in [-0.15, -0.1) is 5.10 Å². The Labute approximate surface area is 156 Å². The smallest absolute Gasteiger partial charge is 0.206 e. The summed E-state index contributed by atoms with van der Waals surface area (Å²) in [7, 11) is 0. The summed E-state index contributed by atoms with van der Waals surface area (Å²) in [5, 5.41) is 21.5. The highest BCUT2D eigenvalue weighted by Crippen LogP contribution is 2.18. The normalized spacial score (nSPS) is 15.2. The minimum Gasteiger partial charge on any atom is -0.508 e. The lowest BCUT2D eigenvalue weighted by atomic mass is 10.2. The zero-order valence-corrected chi connectivity index (χ0v) is 14.9. The molecule has 0 amide bonds. The van der Waals surface area contributed by atoms with Crippen molar-refractivity contribution in [3.63, 3.8) is 0 Å². The van der Waals surface area contributed by atoms with Crippen LogP contribution in [0.4, 0.5) is 10.1 Å². The van der Waals surface area contributed by atoms with Crippen LogP contribution in [-0.4, -0.2) is 51.5 Å². The molecule has 2 aromatic carbocycles. The lowest BCUT2D eigenvalue weighted by Crippen LogP contribution is -3.13. The van der Waals surface area contributed by atoms with Crippen LogP contribution in [0.5, 0.6) is 5.75 Å². The van der Waals surface area contributed by atoms with E-state index in [1.54, 1.807) is 28.9 Å². The molecule has 0 bridgehead atoms. The molecule has 2 heterocycles. The van der Waals surface area contributed by atoms with E-state index in [1.807, 2.05) is 12.1 Å². The van der Waals surface area contributed by atoms with E-state index in [0.29, 0.717) is 6.54 Å². The summed E-state index contributed by atoms with van der Waals surface area (Å²) in [6.45, 7) is 5.17. The number of hydrogen-bond acceptors (Lipinski definition) is 5. The first-order chi connectivity index (χ1) is 13.2. The van der Waals surface area contributed by atoms with Crippen molar-refractivity contribution >= 4 is 5.69 Å². The van der Waals surface area contributed by atoms with Crippen LogP contribution >= 0.6 is 0 Å². The van der Waals surface area contributed by atoms with Gasteiger partial charge >= 0.3 is 0 Å². The summed E-state index contributed by atoms with van der Waals surface area (Å²) < 4.78 is 14.8. The van der Waals surface area contributed by atoms with Gasteiger partial charge in [0.05, 0.1) is 32.7 Å². The predicted octanol–water partition coefficient (Wildman–Crippen LogP) is 0.471. The number of anilines is 1. The molecule has 140 valence electrons. The van der Waals surface area contributed by atoms with Crippen molar-refractivity contribution in [2.24, 2.45) is 0 Å². The maximum absolute atomic E-state index is 13.1. The van der Waals surface area contributed by atoms with E-state index in [0.717, 1.165) is 49.8 Å². The van der Waals surface area contributed by atoms with E-state index in [-0.39, 0.29) is 11.6 Å². The summed E-state index contributed by atoms with van der Waals surface area (Å²) >= 11 is 0. The Kier molecular flexibility index (Phi) is 4.97. The molecule has 27 heavy (non-hydrogen) atoms. The monoisotopic (exact) mass is 369 g/mol. The Bertz CT molecular complexity index is 872. The second kappa shape index (κ2) is 7.71. The number of aromatic nitrogens is 4. The maximum Gasteiger partial charge on any atom is 0.206 e. The van der Waals surface area contributed by atoms with Crippen LogP contribution in [0.2, 0.25) is 0 Å². The average Bonchev–Trinajstić information content (AvgIpc) is 3.12. The molecule has 0 atom stereocenters. The van der Waals surface area contributed by atoms with Crippen molar-refractivity contribution in [3.8, 4) is 5.75 Å². The molecule has 0 saturated carbocycles. The van der Waals surface area contributed by atoms with Crippen molar-refractivity contribution in [1.82, 2.24) is 20.2 Å². The summed E-state index contributed by atoms with van der Waals surface area (Å²) in [6, 6.07) is 13.7. The van der Waals surface area contributed by atoms with Gasteiger partial charge in [0, 0.05) is 5.69 Å². The van der Waals surface area contributed by atoms with Gasteiger partial charge in [0.25, 0.3) is 0 Å². The number of nitrogens with one attached hydrogen (secondary N) is 1. The zero-order chi connectivity index (χ0) is 18.6. The largest absolute Gasteiger partial charge is 0.508 e. The summed E-state index contributed by atoms with van der Waals surface area (Å²) in [4.78, 5) is 3.75. The molecule has 0 radical (unpaired) electrons. The minimum atomic E-state index is -0.244. The lowest BCUT2D eigenvalue weighted by molar-refractivity contribution is -0.915. The molecule has 1 saturated heterocycles. The molecule has 0 unspecified atom stereocenters. The molecule has 1 aliphatic heterocycles. The SMILES string of the molecule is Oc1ccc(N2CC[NH+](Cc3nnnn3Cc3ccc(F)cc3)CC2)cc1. The fraction of sp³-hybridized carbons (Fsp3) is 0.316. The van der Waals surface area contributed by atoms with Gasteiger partial charge in [-0.3, -0.25) is 0 Å². The number of aromatic hydroxyl groups is 1. The fourth-order valence-electron chi connectivity index (χ4n) is 3.38. The van der Waals surface area contributed by atoms with Crippen molar-refractivity contribution in [2.75, 3.05) is 31.1 Å². The number of benzene rings is 2. The number of tetrazole rings is 1. The van der Waals surface area contributed by atoms with E-state index in [2.05, 4.69) is 20.4 Å². The van der Waals surface area contributed by atoms with Crippen LogP contribution in [-0.2, 0) is 13.1 Å². The first-order valence-electron chi connectivity index (χ1n) is 9.04. The second-order valence-electron chi connectivity index (χ2n) is 6.81. The Morgan fingerprint density at radius 3 is 2.41 bits per heavy atom.